The summed E-state index contributed by atoms with van der Waals surface area (Å²) >= 11 is 3.20. The molecule has 0 aliphatic carbocycles. The number of carboxylic acids is 1. The van der Waals surface area contributed by atoms with Crippen molar-refractivity contribution in [1.29, 1.82) is 0 Å². The van der Waals surface area contributed by atoms with E-state index >= 15 is 0 Å². The largest absolute Gasteiger partial charge is 0.481 e. The van der Waals surface area contributed by atoms with Gasteiger partial charge in [-0.3, -0.25) is 4.79 Å². The topological polar surface area (TPSA) is 71.4 Å². The van der Waals surface area contributed by atoms with Crippen LogP contribution in [0.1, 0.15) is 13.3 Å². The Kier molecular flexibility index (Phi) is 4.09. The number of carbonyl (C=O) groups is 1. The smallest absolute Gasteiger partial charge is 0.304 e. The first-order chi connectivity index (χ1) is 7.34. The molecule has 0 saturated heterocycles. The SMILES string of the molecule is CC(CC(=O)O)S(=O)(=O)c1ccc(Br)cc1. The maximum absolute atomic E-state index is 11.9. The second-order valence-corrected chi connectivity index (χ2v) is 6.69. The molecule has 0 bridgehead atoms. The highest BCUT2D eigenvalue weighted by Gasteiger charge is 2.25. The molecule has 0 saturated carbocycles. The standard InChI is InChI=1S/C10H11BrO4S/c1-7(6-10(12)13)16(14,15)9-4-2-8(11)3-5-9/h2-5,7H,6H2,1H3,(H,12,13). The molecular weight excluding hydrogens is 296 g/mol. The summed E-state index contributed by atoms with van der Waals surface area (Å²) in [6.45, 7) is 1.39. The second kappa shape index (κ2) is 4.97. The van der Waals surface area contributed by atoms with E-state index < -0.39 is 27.5 Å². The lowest BCUT2D eigenvalue weighted by Crippen LogP contribution is -2.21. The summed E-state index contributed by atoms with van der Waals surface area (Å²) in [6.07, 6.45) is -0.390. The molecule has 1 atom stereocenters. The molecule has 6 heteroatoms. The van der Waals surface area contributed by atoms with Crippen molar-refractivity contribution in [2.24, 2.45) is 0 Å². The normalized spacial score (nSPS) is 13.4. The molecule has 0 heterocycles. The molecule has 1 unspecified atom stereocenters. The first-order valence-electron chi connectivity index (χ1n) is 4.55. The number of carboxylic acid groups (broad SMARTS) is 1. The molecule has 0 aromatic heterocycles. The minimum atomic E-state index is -3.55. The lowest BCUT2D eigenvalue weighted by atomic mass is 10.3. The lowest BCUT2D eigenvalue weighted by molar-refractivity contribution is -0.136. The Morgan fingerprint density at radius 2 is 1.88 bits per heavy atom. The minimum Gasteiger partial charge on any atom is -0.481 e. The van der Waals surface area contributed by atoms with Crippen molar-refractivity contribution >= 4 is 31.7 Å². The van der Waals surface area contributed by atoms with Crippen molar-refractivity contribution < 1.29 is 18.3 Å². The first-order valence-corrected chi connectivity index (χ1v) is 6.89. The van der Waals surface area contributed by atoms with Crippen molar-refractivity contribution in [1.82, 2.24) is 0 Å². The molecule has 0 aliphatic rings. The van der Waals surface area contributed by atoms with Crippen LogP contribution in [0.15, 0.2) is 33.6 Å². The van der Waals surface area contributed by atoms with Crippen LogP contribution in [0.25, 0.3) is 0 Å². The fourth-order valence-corrected chi connectivity index (χ4v) is 2.82. The first kappa shape index (κ1) is 13.2. The molecule has 16 heavy (non-hydrogen) atoms. The van der Waals surface area contributed by atoms with Gasteiger partial charge in [0.05, 0.1) is 16.6 Å². The van der Waals surface area contributed by atoms with E-state index in [9.17, 15) is 13.2 Å². The Hall–Kier alpha value is -0.880. The van der Waals surface area contributed by atoms with E-state index in [1.807, 2.05) is 0 Å². The van der Waals surface area contributed by atoms with E-state index in [0.29, 0.717) is 0 Å². The summed E-state index contributed by atoms with van der Waals surface area (Å²) in [5.41, 5.74) is 0. The molecule has 0 spiro atoms. The van der Waals surface area contributed by atoms with Crippen LogP contribution < -0.4 is 0 Å². The number of halogens is 1. The lowest BCUT2D eigenvalue weighted by Gasteiger charge is -2.10. The molecular formula is C10H11BrO4S. The van der Waals surface area contributed by atoms with Crippen LogP contribution in [0.2, 0.25) is 0 Å². The number of aliphatic carboxylic acids is 1. The summed E-state index contributed by atoms with van der Waals surface area (Å²) in [7, 11) is -3.55. The number of rotatable bonds is 4. The van der Waals surface area contributed by atoms with Gasteiger partial charge in [-0.25, -0.2) is 8.42 Å². The van der Waals surface area contributed by atoms with E-state index in [4.69, 9.17) is 5.11 Å². The van der Waals surface area contributed by atoms with Gasteiger partial charge >= 0.3 is 5.97 Å². The summed E-state index contributed by atoms with van der Waals surface area (Å²) in [6, 6.07) is 6.14. The van der Waals surface area contributed by atoms with E-state index in [2.05, 4.69) is 15.9 Å². The zero-order valence-corrected chi connectivity index (χ0v) is 11.0. The highest BCUT2D eigenvalue weighted by atomic mass is 79.9. The summed E-state index contributed by atoms with van der Waals surface area (Å²) in [5.74, 6) is -1.12. The van der Waals surface area contributed by atoms with Crippen molar-refractivity contribution in [2.45, 2.75) is 23.5 Å². The third-order valence-electron chi connectivity index (χ3n) is 2.13. The van der Waals surface area contributed by atoms with Gasteiger partial charge in [-0.15, -0.1) is 0 Å². The van der Waals surface area contributed by atoms with Gasteiger partial charge in [-0.1, -0.05) is 15.9 Å². The van der Waals surface area contributed by atoms with Gasteiger partial charge in [0, 0.05) is 4.47 Å². The highest BCUT2D eigenvalue weighted by molar-refractivity contribution is 9.10. The number of sulfone groups is 1. The fourth-order valence-electron chi connectivity index (χ4n) is 1.21. The van der Waals surface area contributed by atoms with Crippen LogP contribution in [0.3, 0.4) is 0 Å². The van der Waals surface area contributed by atoms with Gasteiger partial charge < -0.3 is 5.11 Å². The minimum absolute atomic E-state index is 0.143. The monoisotopic (exact) mass is 306 g/mol. The summed E-state index contributed by atoms with van der Waals surface area (Å²) < 4.78 is 24.6. The molecule has 0 aliphatic heterocycles. The molecule has 0 radical (unpaired) electrons. The molecule has 1 aromatic rings. The van der Waals surface area contributed by atoms with Gasteiger partial charge in [0.2, 0.25) is 0 Å². The van der Waals surface area contributed by atoms with Gasteiger partial charge in [-0.05, 0) is 31.2 Å². The Labute approximate surface area is 102 Å². The predicted octanol–water partition coefficient (Wildman–Crippen LogP) is 2.09. The fraction of sp³-hybridized carbons (Fsp3) is 0.300. The Balaban J connectivity index is 3.02. The Morgan fingerprint density at radius 1 is 1.38 bits per heavy atom. The number of hydrogen-bond acceptors (Lipinski definition) is 3. The van der Waals surface area contributed by atoms with E-state index in [1.54, 1.807) is 12.1 Å². The van der Waals surface area contributed by atoms with E-state index in [-0.39, 0.29) is 4.90 Å². The van der Waals surface area contributed by atoms with Gasteiger partial charge in [0.1, 0.15) is 0 Å². The number of benzene rings is 1. The molecule has 1 aromatic carbocycles. The van der Waals surface area contributed by atoms with Crippen molar-refractivity contribution in [2.75, 3.05) is 0 Å². The average Bonchev–Trinajstić information content (AvgIpc) is 2.17. The van der Waals surface area contributed by atoms with E-state index in [0.717, 1.165) is 4.47 Å². The van der Waals surface area contributed by atoms with Crippen LogP contribution in [-0.2, 0) is 14.6 Å². The quantitative estimate of drug-likeness (QED) is 0.924. The van der Waals surface area contributed by atoms with Crippen molar-refractivity contribution in [3.05, 3.63) is 28.7 Å². The van der Waals surface area contributed by atoms with Gasteiger partial charge in [0.25, 0.3) is 0 Å². The molecule has 1 N–H and O–H groups in total. The van der Waals surface area contributed by atoms with Crippen molar-refractivity contribution in [3.8, 4) is 0 Å². The number of hydrogen-bond donors (Lipinski definition) is 1. The highest BCUT2D eigenvalue weighted by Crippen LogP contribution is 2.20. The zero-order chi connectivity index (χ0) is 12.3. The van der Waals surface area contributed by atoms with Crippen LogP contribution in [0.4, 0.5) is 0 Å². The predicted molar refractivity (Wildman–Crippen MR) is 63.0 cm³/mol. The maximum Gasteiger partial charge on any atom is 0.304 e. The average molecular weight is 307 g/mol. The van der Waals surface area contributed by atoms with Crippen LogP contribution >= 0.6 is 15.9 Å². The van der Waals surface area contributed by atoms with Crippen LogP contribution in [0, 0.1) is 0 Å². The molecule has 88 valence electrons. The molecule has 4 nitrogen and oxygen atoms in total. The van der Waals surface area contributed by atoms with Gasteiger partial charge in [0.15, 0.2) is 9.84 Å². The summed E-state index contributed by atoms with van der Waals surface area (Å²) in [5, 5.41) is 7.64. The Bertz CT molecular complexity index is 478. The maximum atomic E-state index is 11.9. The third-order valence-corrected chi connectivity index (χ3v) is 4.82. The van der Waals surface area contributed by atoms with Crippen molar-refractivity contribution in [3.63, 3.8) is 0 Å². The van der Waals surface area contributed by atoms with Crippen LogP contribution in [-0.4, -0.2) is 24.7 Å². The second-order valence-electron chi connectivity index (χ2n) is 3.41. The summed E-state index contributed by atoms with van der Waals surface area (Å²) in [4.78, 5) is 10.6. The third kappa shape index (κ3) is 3.05. The Morgan fingerprint density at radius 3 is 2.31 bits per heavy atom. The zero-order valence-electron chi connectivity index (χ0n) is 8.55. The van der Waals surface area contributed by atoms with Gasteiger partial charge in [-0.2, -0.15) is 0 Å². The molecule has 0 amide bonds. The molecule has 0 fully saturated rings. The van der Waals surface area contributed by atoms with E-state index in [1.165, 1.54) is 19.1 Å². The van der Waals surface area contributed by atoms with Crippen LogP contribution in [0.5, 0.6) is 0 Å². The molecule has 1 rings (SSSR count).